The molecule has 0 atom stereocenters. The van der Waals surface area contributed by atoms with Crippen LogP contribution in [0.3, 0.4) is 0 Å². The van der Waals surface area contributed by atoms with E-state index in [4.69, 9.17) is 10.5 Å². The second kappa shape index (κ2) is 6.75. The zero-order valence-electron chi connectivity index (χ0n) is 12.5. The average Bonchev–Trinajstić information content (AvgIpc) is 2.73. The number of carbonyl (C=O) groups is 2. The lowest BCUT2D eigenvalue weighted by Crippen LogP contribution is -2.24. The van der Waals surface area contributed by atoms with Crippen molar-refractivity contribution in [1.82, 2.24) is 9.99 Å². The Morgan fingerprint density at radius 1 is 1.41 bits per heavy atom. The quantitative estimate of drug-likeness (QED) is 0.497. The molecule has 1 heterocycles. The summed E-state index contributed by atoms with van der Waals surface area (Å²) < 4.78 is 6.86. The standard InChI is InChI=1S/C15H18N4O3/c1-3-22-14(20)9-19-10(2)12(8-17-18-15(16)21)11-6-4-5-7-13(11)19/h4-8H,3,9H2,1-2H3,(H3,16,18,21)/b17-8-. The van der Waals surface area contributed by atoms with E-state index in [2.05, 4.69) is 10.5 Å². The zero-order valence-corrected chi connectivity index (χ0v) is 12.5. The van der Waals surface area contributed by atoms with Crippen molar-refractivity contribution in [2.24, 2.45) is 10.8 Å². The molecule has 22 heavy (non-hydrogen) atoms. The SMILES string of the molecule is CCOC(=O)Cn1c(C)c(/C=N\NC(N)=O)c2ccccc21. The number of primary amides is 1. The highest BCUT2D eigenvalue weighted by atomic mass is 16.5. The van der Waals surface area contributed by atoms with E-state index < -0.39 is 6.03 Å². The van der Waals surface area contributed by atoms with Gasteiger partial charge in [-0.2, -0.15) is 5.10 Å². The smallest absolute Gasteiger partial charge is 0.332 e. The van der Waals surface area contributed by atoms with Crippen molar-refractivity contribution in [3.63, 3.8) is 0 Å². The van der Waals surface area contributed by atoms with Gasteiger partial charge in [-0.25, -0.2) is 10.2 Å². The summed E-state index contributed by atoms with van der Waals surface area (Å²) in [6, 6.07) is 6.90. The molecule has 0 saturated carbocycles. The van der Waals surface area contributed by atoms with Crippen LogP contribution in [-0.4, -0.2) is 29.4 Å². The number of nitrogens with zero attached hydrogens (tertiary/aromatic N) is 2. The van der Waals surface area contributed by atoms with Gasteiger partial charge in [-0.15, -0.1) is 0 Å². The number of para-hydroxylation sites is 1. The predicted molar refractivity (Wildman–Crippen MR) is 83.6 cm³/mol. The van der Waals surface area contributed by atoms with Gasteiger partial charge in [0.05, 0.1) is 12.8 Å². The molecule has 0 fully saturated rings. The summed E-state index contributed by atoms with van der Waals surface area (Å²) >= 11 is 0. The number of nitrogens with one attached hydrogen (secondary N) is 1. The number of rotatable bonds is 5. The molecule has 7 nitrogen and oxygen atoms in total. The fourth-order valence-electron chi connectivity index (χ4n) is 2.32. The van der Waals surface area contributed by atoms with Gasteiger partial charge in [0.25, 0.3) is 0 Å². The Kier molecular flexibility index (Phi) is 4.77. The highest BCUT2D eigenvalue weighted by molar-refractivity contribution is 6.01. The van der Waals surface area contributed by atoms with Gasteiger partial charge in [-0.05, 0) is 19.9 Å². The molecule has 116 valence electrons. The number of ether oxygens (including phenoxy) is 1. The van der Waals surface area contributed by atoms with Crippen LogP contribution in [0.2, 0.25) is 0 Å². The summed E-state index contributed by atoms with van der Waals surface area (Å²) in [6.45, 7) is 4.11. The maximum Gasteiger partial charge on any atom is 0.332 e. The third-order valence-corrected chi connectivity index (χ3v) is 3.24. The summed E-state index contributed by atoms with van der Waals surface area (Å²) in [4.78, 5) is 22.5. The molecule has 0 unspecified atom stereocenters. The summed E-state index contributed by atoms with van der Waals surface area (Å²) in [6.07, 6.45) is 1.52. The normalized spacial score (nSPS) is 11.0. The summed E-state index contributed by atoms with van der Waals surface area (Å²) in [5, 5.41) is 4.73. The Morgan fingerprint density at radius 3 is 2.82 bits per heavy atom. The molecular weight excluding hydrogens is 284 g/mol. The molecule has 1 aromatic carbocycles. The molecule has 2 aromatic rings. The highest BCUT2D eigenvalue weighted by Crippen LogP contribution is 2.24. The van der Waals surface area contributed by atoms with Gasteiger partial charge >= 0.3 is 12.0 Å². The highest BCUT2D eigenvalue weighted by Gasteiger charge is 2.15. The van der Waals surface area contributed by atoms with Gasteiger partial charge < -0.3 is 15.0 Å². The Bertz CT molecular complexity index is 734. The number of amides is 2. The fourth-order valence-corrected chi connectivity index (χ4v) is 2.32. The number of hydrogen-bond donors (Lipinski definition) is 2. The Balaban J connectivity index is 2.44. The molecule has 0 saturated heterocycles. The lowest BCUT2D eigenvalue weighted by molar-refractivity contribution is -0.143. The van der Waals surface area contributed by atoms with E-state index in [0.717, 1.165) is 22.2 Å². The van der Waals surface area contributed by atoms with Crippen molar-refractivity contribution < 1.29 is 14.3 Å². The van der Waals surface area contributed by atoms with E-state index in [9.17, 15) is 9.59 Å². The van der Waals surface area contributed by atoms with E-state index in [-0.39, 0.29) is 12.5 Å². The number of benzene rings is 1. The molecule has 0 aliphatic carbocycles. The summed E-state index contributed by atoms with van der Waals surface area (Å²) in [5.74, 6) is -0.301. The second-order valence-electron chi connectivity index (χ2n) is 4.64. The molecule has 0 aliphatic rings. The van der Waals surface area contributed by atoms with Gasteiger partial charge in [-0.3, -0.25) is 4.79 Å². The maximum absolute atomic E-state index is 11.8. The van der Waals surface area contributed by atoms with Crippen molar-refractivity contribution in [1.29, 1.82) is 0 Å². The number of hydrogen-bond acceptors (Lipinski definition) is 4. The van der Waals surface area contributed by atoms with Crippen LogP contribution in [0.4, 0.5) is 4.79 Å². The first-order chi connectivity index (χ1) is 10.5. The maximum atomic E-state index is 11.8. The Hall–Kier alpha value is -2.83. The van der Waals surface area contributed by atoms with Crippen LogP contribution in [-0.2, 0) is 16.1 Å². The van der Waals surface area contributed by atoms with Gasteiger partial charge in [0, 0.05) is 22.2 Å². The second-order valence-corrected chi connectivity index (χ2v) is 4.64. The van der Waals surface area contributed by atoms with Crippen LogP contribution >= 0.6 is 0 Å². The minimum Gasteiger partial charge on any atom is -0.465 e. The Morgan fingerprint density at radius 2 is 2.14 bits per heavy atom. The van der Waals surface area contributed by atoms with Crippen molar-refractivity contribution in [2.75, 3.05) is 6.61 Å². The molecular formula is C15H18N4O3. The third kappa shape index (κ3) is 3.25. The molecule has 0 aliphatic heterocycles. The molecule has 0 bridgehead atoms. The number of esters is 1. The number of carbonyl (C=O) groups excluding carboxylic acids is 2. The van der Waals surface area contributed by atoms with E-state index in [1.165, 1.54) is 6.21 Å². The van der Waals surface area contributed by atoms with Crippen molar-refractivity contribution in [3.05, 3.63) is 35.5 Å². The number of nitrogens with two attached hydrogens (primary N) is 1. The number of aromatic nitrogens is 1. The Labute approximate surface area is 127 Å². The zero-order chi connectivity index (χ0) is 16.1. The van der Waals surface area contributed by atoms with E-state index >= 15 is 0 Å². The monoisotopic (exact) mass is 302 g/mol. The number of urea groups is 1. The average molecular weight is 302 g/mol. The largest absolute Gasteiger partial charge is 0.465 e. The van der Waals surface area contributed by atoms with Crippen molar-refractivity contribution in [3.8, 4) is 0 Å². The molecule has 1 aromatic heterocycles. The molecule has 0 spiro atoms. The van der Waals surface area contributed by atoms with Crippen LogP contribution in [0.25, 0.3) is 10.9 Å². The van der Waals surface area contributed by atoms with E-state index in [1.807, 2.05) is 35.8 Å². The molecule has 2 rings (SSSR count). The fraction of sp³-hybridized carbons (Fsp3) is 0.267. The van der Waals surface area contributed by atoms with Gasteiger partial charge in [-0.1, -0.05) is 18.2 Å². The van der Waals surface area contributed by atoms with Gasteiger partial charge in [0.1, 0.15) is 6.54 Å². The molecule has 7 heteroatoms. The molecule has 2 amide bonds. The topological polar surface area (TPSA) is 98.7 Å². The molecule has 3 N–H and O–H groups in total. The van der Waals surface area contributed by atoms with Crippen LogP contribution in [0.1, 0.15) is 18.2 Å². The van der Waals surface area contributed by atoms with Crippen molar-refractivity contribution in [2.45, 2.75) is 20.4 Å². The first-order valence-electron chi connectivity index (χ1n) is 6.86. The predicted octanol–water partition coefficient (Wildman–Crippen LogP) is 1.52. The van der Waals surface area contributed by atoms with Gasteiger partial charge in [0.2, 0.25) is 0 Å². The third-order valence-electron chi connectivity index (χ3n) is 3.24. The van der Waals surface area contributed by atoms with Crippen LogP contribution < -0.4 is 11.2 Å². The van der Waals surface area contributed by atoms with Crippen molar-refractivity contribution >= 4 is 29.1 Å². The van der Waals surface area contributed by atoms with Crippen LogP contribution in [0, 0.1) is 6.92 Å². The minimum atomic E-state index is -0.732. The van der Waals surface area contributed by atoms with E-state index in [1.54, 1.807) is 6.92 Å². The first kappa shape index (κ1) is 15.6. The van der Waals surface area contributed by atoms with Crippen LogP contribution in [0.15, 0.2) is 29.4 Å². The van der Waals surface area contributed by atoms with E-state index in [0.29, 0.717) is 6.61 Å². The lowest BCUT2D eigenvalue weighted by Gasteiger charge is -2.07. The lowest BCUT2D eigenvalue weighted by atomic mass is 10.1. The summed E-state index contributed by atoms with van der Waals surface area (Å²) in [7, 11) is 0. The summed E-state index contributed by atoms with van der Waals surface area (Å²) in [5.41, 5.74) is 9.71. The minimum absolute atomic E-state index is 0.122. The number of fused-ring (bicyclic) bond motifs is 1. The van der Waals surface area contributed by atoms with Crippen LogP contribution in [0.5, 0.6) is 0 Å². The number of hydrazone groups is 1. The first-order valence-corrected chi connectivity index (χ1v) is 6.86. The molecule has 0 radical (unpaired) electrons. The van der Waals surface area contributed by atoms with Gasteiger partial charge in [0.15, 0.2) is 0 Å².